The predicted molar refractivity (Wildman–Crippen MR) is 86.4 cm³/mol. The number of hydrogen-bond acceptors (Lipinski definition) is 6. The van der Waals surface area contributed by atoms with E-state index in [9.17, 15) is 4.79 Å². The summed E-state index contributed by atoms with van der Waals surface area (Å²) in [6.45, 7) is 6.61. The second-order valence-electron chi connectivity index (χ2n) is 5.26. The van der Waals surface area contributed by atoms with Crippen molar-refractivity contribution in [2.75, 3.05) is 20.3 Å². The Bertz CT molecular complexity index is 514. The van der Waals surface area contributed by atoms with Crippen LogP contribution in [0, 0.1) is 0 Å². The van der Waals surface area contributed by atoms with Crippen molar-refractivity contribution in [3.63, 3.8) is 0 Å². The van der Waals surface area contributed by atoms with Crippen LogP contribution in [-0.2, 0) is 25.6 Å². The van der Waals surface area contributed by atoms with Gasteiger partial charge >= 0.3 is 6.09 Å². The Labute approximate surface area is 142 Å². The van der Waals surface area contributed by atoms with Crippen LogP contribution in [0.15, 0.2) is 24.3 Å². The molecule has 0 N–H and O–H groups in total. The molecule has 0 spiro atoms. The largest absolute Gasteiger partial charge is 0.497 e. The summed E-state index contributed by atoms with van der Waals surface area (Å²) < 4.78 is 27.3. The van der Waals surface area contributed by atoms with Crippen LogP contribution in [0.5, 0.6) is 5.75 Å². The lowest BCUT2D eigenvalue weighted by Gasteiger charge is -2.30. The monoisotopic (exact) mass is 339 g/mol. The lowest BCUT2D eigenvalue weighted by molar-refractivity contribution is -0.237. The molecule has 2 rings (SSSR count). The Morgan fingerprint density at radius 3 is 2.33 bits per heavy atom. The van der Waals surface area contributed by atoms with Crippen molar-refractivity contribution >= 4 is 6.09 Å². The number of carbonyl (C=O) groups is 1. The van der Waals surface area contributed by atoms with Crippen LogP contribution in [0.25, 0.3) is 0 Å². The van der Waals surface area contributed by atoms with Crippen molar-refractivity contribution < 1.29 is 28.5 Å². The molecule has 7 nitrogen and oxygen atoms in total. The fourth-order valence-electron chi connectivity index (χ4n) is 2.43. The Morgan fingerprint density at radius 1 is 1.17 bits per heavy atom. The highest BCUT2D eigenvalue weighted by Gasteiger charge is 2.45. The van der Waals surface area contributed by atoms with Crippen molar-refractivity contribution in [3.8, 4) is 5.75 Å². The highest BCUT2D eigenvalue weighted by molar-refractivity contribution is 5.70. The van der Waals surface area contributed by atoms with Crippen molar-refractivity contribution in [1.82, 2.24) is 4.90 Å². The first-order valence-electron chi connectivity index (χ1n) is 8.07. The molecule has 1 aliphatic rings. The van der Waals surface area contributed by atoms with Crippen LogP contribution in [0.4, 0.5) is 4.79 Å². The smallest absolute Gasteiger partial charge is 0.416 e. The van der Waals surface area contributed by atoms with Crippen molar-refractivity contribution in [3.05, 3.63) is 29.8 Å². The fourth-order valence-corrected chi connectivity index (χ4v) is 2.43. The highest BCUT2D eigenvalue weighted by Crippen LogP contribution is 2.25. The Kier molecular flexibility index (Phi) is 6.84. The van der Waals surface area contributed by atoms with Gasteiger partial charge in [0.15, 0.2) is 6.23 Å². The van der Waals surface area contributed by atoms with Gasteiger partial charge in [0, 0.05) is 13.2 Å². The molecule has 1 amide bonds. The first-order chi connectivity index (χ1) is 11.6. The van der Waals surface area contributed by atoms with Gasteiger partial charge in [-0.15, -0.1) is 0 Å². The lowest BCUT2D eigenvalue weighted by Crippen LogP contribution is -2.47. The van der Waals surface area contributed by atoms with Crippen LogP contribution in [0.1, 0.15) is 26.3 Å². The maximum Gasteiger partial charge on any atom is 0.416 e. The molecule has 1 saturated heterocycles. The molecule has 1 aromatic rings. The minimum atomic E-state index is -0.821. The number of benzene rings is 1. The molecule has 7 heteroatoms. The summed E-state index contributed by atoms with van der Waals surface area (Å²) in [7, 11) is 1.62. The van der Waals surface area contributed by atoms with Gasteiger partial charge in [0.25, 0.3) is 0 Å². The first kappa shape index (κ1) is 18.5. The molecular weight excluding hydrogens is 314 g/mol. The number of ether oxygens (including phenoxy) is 5. The molecule has 1 heterocycles. The Balaban J connectivity index is 2.05. The molecule has 1 fully saturated rings. The molecule has 24 heavy (non-hydrogen) atoms. The zero-order chi connectivity index (χ0) is 17.5. The Morgan fingerprint density at radius 2 is 1.79 bits per heavy atom. The number of cyclic esters (lactones) is 1. The number of carbonyl (C=O) groups excluding carboxylic acids is 1. The number of methoxy groups -OCH3 is 1. The van der Waals surface area contributed by atoms with Crippen molar-refractivity contribution in [2.24, 2.45) is 0 Å². The maximum atomic E-state index is 12.1. The van der Waals surface area contributed by atoms with Crippen LogP contribution in [-0.4, -0.2) is 50.1 Å². The number of rotatable bonds is 9. The third-order valence-corrected chi connectivity index (χ3v) is 3.60. The average molecular weight is 339 g/mol. The van der Waals surface area contributed by atoms with Crippen LogP contribution in [0.3, 0.4) is 0 Å². The van der Waals surface area contributed by atoms with E-state index in [4.69, 9.17) is 23.7 Å². The summed E-state index contributed by atoms with van der Waals surface area (Å²) >= 11 is 0. The van der Waals surface area contributed by atoms with E-state index in [1.54, 1.807) is 14.0 Å². The molecular formula is C17H25NO6. The number of nitrogens with zero attached hydrogens (tertiary/aromatic N) is 1. The van der Waals surface area contributed by atoms with Gasteiger partial charge < -0.3 is 23.7 Å². The SMILES string of the molecule is CCOC(OCC)N1C(=O)O[C@H](C)[C@@H]1OCc1ccc(OC)cc1. The second kappa shape index (κ2) is 8.86. The van der Waals surface area contributed by atoms with Gasteiger partial charge in [-0.3, -0.25) is 0 Å². The van der Waals surface area contributed by atoms with Gasteiger partial charge in [-0.05, 0) is 38.5 Å². The summed E-state index contributed by atoms with van der Waals surface area (Å²) in [6.07, 6.45) is -2.32. The summed E-state index contributed by atoms with van der Waals surface area (Å²) in [6, 6.07) is 7.54. The van der Waals surface area contributed by atoms with E-state index >= 15 is 0 Å². The second-order valence-corrected chi connectivity index (χ2v) is 5.26. The Hall–Kier alpha value is -1.83. The average Bonchev–Trinajstić information content (AvgIpc) is 2.86. The number of hydrogen-bond donors (Lipinski definition) is 0. The summed E-state index contributed by atoms with van der Waals surface area (Å²) in [5.74, 6) is 0.779. The molecule has 0 saturated carbocycles. The van der Waals surface area contributed by atoms with E-state index in [1.165, 1.54) is 4.90 Å². The van der Waals surface area contributed by atoms with E-state index in [0.29, 0.717) is 19.8 Å². The minimum Gasteiger partial charge on any atom is -0.497 e. The molecule has 1 aliphatic heterocycles. The normalized spacial score (nSPS) is 20.5. The van der Waals surface area contributed by atoms with E-state index in [0.717, 1.165) is 11.3 Å². The van der Waals surface area contributed by atoms with Crippen LogP contribution in [0.2, 0.25) is 0 Å². The molecule has 0 aromatic heterocycles. The van der Waals surface area contributed by atoms with Crippen molar-refractivity contribution in [2.45, 2.75) is 46.1 Å². The lowest BCUT2D eigenvalue weighted by atomic mass is 10.2. The third kappa shape index (κ3) is 4.37. The van der Waals surface area contributed by atoms with Crippen LogP contribution >= 0.6 is 0 Å². The van der Waals surface area contributed by atoms with E-state index in [-0.39, 0.29) is 0 Å². The molecule has 1 aromatic carbocycles. The van der Waals surface area contributed by atoms with Gasteiger partial charge in [-0.2, -0.15) is 0 Å². The van der Waals surface area contributed by atoms with E-state index < -0.39 is 24.8 Å². The number of amides is 1. The molecule has 2 atom stereocenters. The quantitative estimate of drug-likeness (QED) is 0.645. The van der Waals surface area contributed by atoms with Gasteiger partial charge in [-0.25, -0.2) is 9.69 Å². The summed E-state index contributed by atoms with van der Waals surface area (Å²) in [4.78, 5) is 13.5. The van der Waals surface area contributed by atoms with Gasteiger partial charge in [-0.1, -0.05) is 12.1 Å². The minimum absolute atomic E-state index is 0.330. The molecule has 0 aliphatic carbocycles. The van der Waals surface area contributed by atoms with Gasteiger partial charge in [0.2, 0.25) is 6.41 Å². The first-order valence-corrected chi connectivity index (χ1v) is 8.07. The summed E-state index contributed by atoms with van der Waals surface area (Å²) in [5.41, 5.74) is 0.965. The molecule has 0 bridgehead atoms. The standard InChI is InChI=1S/C17H25NO6/c1-5-21-17(22-6-2)18-15(12(3)24-16(18)19)23-11-13-7-9-14(20-4)10-8-13/h7-10,12,15,17H,5-6,11H2,1-4H3/t12-,15+/m1/s1. The summed E-state index contributed by atoms with van der Waals surface area (Å²) in [5, 5.41) is 0. The maximum absolute atomic E-state index is 12.1. The molecule has 134 valence electrons. The topological polar surface area (TPSA) is 66.5 Å². The van der Waals surface area contributed by atoms with Crippen molar-refractivity contribution in [1.29, 1.82) is 0 Å². The highest BCUT2D eigenvalue weighted by atomic mass is 16.7. The van der Waals surface area contributed by atoms with E-state index in [2.05, 4.69) is 0 Å². The molecule has 0 radical (unpaired) electrons. The predicted octanol–water partition coefficient (Wildman–Crippen LogP) is 2.74. The van der Waals surface area contributed by atoms with Crippen LogP contribution < -0.4 is 4.74 Å². The van der Waals surface area contributed by atoms with E-state index in [1.807, 2.05) is 38.1 Å². The fraction of sp³-hybridized carbons (Fsp3) is 0.588. The third-order valence-electron chi connectivity index (χ3n) is 3.60. The zero-order valence-electron chi connectivity index (χ0n) is 14.6. The molecule has 0 unspecified atom stereocenters. The van der Waals surface area contributed by atoms with Gasteiger partial charge in [0.1, 0.15) is 11.9 Å². The zero-order valence-corrected chi connectivity index (χ0v) is 14.6. The van der Waals surface area contributed by atoms with Gasteiger partial charge in [0.05, 0.1) is 13.7 Å².